The number of anilines is 4. The van der Waals surface area contributed by atoms with Crippen LogP contribution in [0.25, 0.3) is 21.5 Å². The minimum atomic E-state index is -4.87. The summed E-state index contributed by atoms with van der Waals surface area (Å²) in [7, 11) is -15.1. The molecule has 73 heavy (non-hydrogen) atoms. The number of nitrogens with zero attached hydrogens (tertiary/aromatic N) is 4. The standard InChI is InChI=1S/2C23H20N4O7S2.Fe/c2*1-24-35(30,31)17-8-10-20(28)19(13-17)26-27-22-21(36(32,33)34)12-14-11-16(7-9-18(14)23(22)29)25-15-5-3-2-4-6-15;/h2*2-13,24-25,28-29H,1H3,(H,32,33,34);. The van der Waals surface area contributed by atoms with Crippen LogP contribution in [0.1, 0.15) is 0 Å². The predicted octanol–water partition coefficient (Wildman–Crippen LogP) is 9.13. The van der Waals surface area contributed by atoms with Crippen molar-refractivity contribution in [2.75, 3.05) is 24.7 Å². The summed E-state index contributed by atoms with van der Waals surface area (Å²) in [6.07, 6.45) is 0. The van der Waals surface area contributed by atoms with Gasteiger partial charge in [-0.2, -0.15) is 16.8 Å². The van der Waals surface area contributed by atoms with E-state index in [1.54, 1.807) is 24.3 Å². The number of para-hydroxylation sites is 2. The van der Waals surface area contributed by atoms with Gasteiger partial charge in [0.15, 0.2) is 11.5 Å². The van der Waals surface area contributed by atoms with E-state index >= 15 is 0 Å². The number of phenols is 4. The summed E-state index contributed by atoms with van der Waals surface area (Å²) in [4.78, 5) is -1.92. The summed E-state index contributed by atoms with van der Waals surface area (Å²) < 4.78 is 120. The first-order valence-corrected chi connectivity index (χ1v) is 26.4. The number of fused-ring (bicyclic) bond motifs is 2. The number of hydrogen-bond acceptors (Lipinski definition) is 18. The minimum absolute atomic E-state index is 0. The van der Waals surface area contributed by atoms with Crippen LogP contribution in [0.3, 0.4) is 0 Å². The van der Waals surface area contributed by atoms with Crippen LogP contribution in [0.2, 0.25) is 0 Å². The SMILES string of the molecule is CNS(=O)(=O)c1ccc(O)c(N=Nc2c(S(=O)(=O)O)cc3cc(Nc4ccccc4)ccc3c2O)c1.CNS(=O)(=O)c1ccc(O)c(N=Nc2c(S(=O)(=O)O)cc3cc(Nc4ccccc4)ccc3c2O)c1.[Fe]. The van der Waals surface area contributed by atoms with Crippen LogP contribution in [-0.4, -0.2) is 77.3 Å². The fraction of sp³-hybridized carbons (Fsp3) is 0.0435. The third kappa shape index (κ3) is 12.7. The van der Waals surface area contributed by atoms with E-state index in [4.69, 9.17) is 0 Å². The molecule has 0 aromatic heterocycles. The van der Waals surface area contributed by atoms with Crippen LogP contribution in [-0.2, 0) is 57.4 Å². The van der Waals surface area contributed by atoms with E-state index in [-0.39, 0.29) is 59.8 Å². The molecule has 0 aliphatic heterocycles. The Labute approximate surface area is 427 Å². The molecule has 0 aliphatic rings. The van der Waals surface area contributed by atoms with Gasteiger partial charge in [-0.25, -0.2) is 26.3 Å². The maximum absolute atomic E-state index is 12.1. The minimum Gasteiger partial charge on any atom is -0.506 e. The van der Waals surface area contributed by atoms with Crippen LogP contribution in [0.5, 0.6) is 23.0 Å². The molecule has 8 aromatic rings. The quantitative estimate of drug-likeness (QED) is 0.0275. The number of aromatic hydroxyl groups is 4. The van der Waals surface area contributed by atoms with Gasteiger partial charge in [-0.1, -0.05) is 36.4 Å². The Morgan fingerprint density at radius 1 is 0.411 bits per heavy atom. The zero-order valence-corrected chi connectivity index (χ0v) is 42.0. The van der Waals surface area contributed by atoms with E-state index < -0.39 is 84.4 Å². The summed E-state index contributed by atoms with van der Waals surface area (Å²) in [5.41, 5.74) is 0.953. The largest absolute Gasteiger partial charge is 0.506 e. The molecule has 8 aromatic carbocycles. The van der Waals surface area contributed by atoms with Gasteiger partial charge in [0.1, 0.15) is 44.0 Å². The zero-order valence-electron chi connectivity index (χ0n) is 37.6. The molecule has 8 rings (SSSR count). The van der Waals surface area contributed by atoms with Crippen molar-refractivity contribution in [2.24, 2.45) is 20.5 Å². The van der Waals surface area contributed by atoms with Gasteiger partial charge in [0.05, 0.1) is 9.79 Å². The molecule has 0 amide bonds. The van der Waals surface area contributed by atoms with Gasteiger partial charge in [-0.15, -0.1) is 20.5 Å². The Morgan fingerprint density at radius 2 is 0.767 bits per heavy atom. The summed E-state index contributed by atoms with van der Waals surface area (Å²) in [5, 5.41) is 64.0. The molecule has 0 radical (unpaired) electrons. The fourth-order valence-corrected chi connectivity index (χ4v) is 9.58. The van der Waals surface area contributed by atoms with Gasteiger partial charge in [0.25, 0.3) is 20.2 Å². The Bertz CT molecular complexity index is 3680. The number of benzene rings is 8. The Kier molecular flexibility index (Phi) is 16.5. The molecule has 27 heteroatoms. The van der Waals surface area contributed by atoms with Crippen LogP contribution >= 0.6 is 0 Å². The van der Waals surface area contributed by atoms with Crippen molar-refractivity contribution >= 4 is 107 Å². The van der Waals surface area contributed by atoms with Crippen molar-refractivity contribution in [3.8, 4) is 23.0 Å². The van der Waals surface area contributed by atoms with E-state index in [0.717, 1.165) is 59.9 Å². The average molecular weight is 1110 g/mol. The topological polar surface area (TPSA) is 355 Å². The Balaban J connectivity index is 0.000000235. The summed E-state index contributed by atoms with van der Waals surface area (Å²) in [5.74, 6) is -2.07. The number of nitrogens with one attached hydrogen (secondary N) is 4. The fourth-order valence-electron chi connectivity index (χ4n) is 6.77. The first-order valence-electron chi connectivity index (χ1n) is 20.5. The molecular formula is C46H40FeN8O14S4. The molecular weight excluding hydrogens is 1070 g/mol. The number of azo groups is 2. The van der Waals surface area contributed by atoms with Crippen molar-refractivity contribution in [1.82, 2.24) is 9.44 Å². The maximum Gasteiger partial charge on any atom is 0.296 e. The van der Waals surface area contributed by atoms with Gasteiger partial charge in [-0.05, 0) is 134 Å². The molecule has 10 N–H and O–H groups in total. The van der Waals surface area contributed by atoms with E-state index in [0.29, 0.717) is 11.4 Å². The van der Waals surface area contributed by atoms with Crippen molar-refractivity contribution in [2.45, 2.75) is 19.6 Å². The second kappa shape index (κ2) is 22.1. The molecule has 0 saturated carbocycles. The first-order chi connectivity index (χ1) is 34.0. The molecule has 0 heterocycles. The van der Waals surface area contributed by atoms with Gasteiger partial charge in [0.2, 0.25) is 20.0 Å². The molecule has 0 bridgehead atoms. The third-order valence-corrected chi connectivity index (χ3v) is 14.9. The summed E-state index contributed by atoms with van der Waals surface area (Å²) in [6.45, 7) is 0. The summed E-state index contributed by atoms with van der Waals surface area (Å²) in [6, 6.07) is 36.6. The third-order valence-electron chi connectivity index (χ3n) is 10.3. The predicted molar refractivity (Wildman–Crippen MR) is 267 cm³/mol. The smallest absolute Gasteiger partial charge is 0.296 e. The van der Waals surface area contributed by atoms with Crippen LogP contribution in [0.15, 0.2) is 186 Å². The normalized spacial score (nSPS) is 12.1. The monoisotopic (exact) mass is 1110 g/mol. The van der Waals surface area contributed by atoms with Crippen LogP contribution < -0.4 is 20.1 Å². The molecule has 0 spiro atoms. The maximum atomic E-state index is 12.1. The summed E-state index contributed by atoms with van der Waals surface area (Å²) >= 11 is 0. The molecule has 380 valence electrons. The van der Waals surface area contributed by atoms with Crippen molar-refractivity contribution in [3.05, 3.63) is 146 Å². The van der Waals surface area contributed by atoms with E-state index in [9.17, 15) is 63.2 Å². The second-order valence-corrected chi connectivity index (χ2v) is 21.6. The molecule has 0 unspecified atom stereocenters. The number of hydrogen-bond donors (Lipinski definition) is 10. The molecule has 22 nitrogen and oxygen atoms in total. The first kappa shape index (κ1) is 54.8. The van der Waals surface area contributed by atoms with Gasteiger partial charge >= 0.3 is 0 Å². The van der Waals surface area contributed by atoms with Gasteiger partial charge < -0.3 is 31.1 Å². The zero-order chi connectivity index (χ0) is 52.2. The van der Waals surface area contributed by atoms with Crippen molar-refractivity contribution < 1.29 is 80.3 Å². The van der Waals surface area contributed by atoms with Crippen molar-refractivity contribution in [1.29, 1.82) is 0 Å². The second-order valence-electron chi connectivity index (χ2n) is 15.1. The Hall–Kier alpha value is -7.56. The molecule has 0 fully saturated rings. The molecule has 0 atom stereocenters. The van der Waals surface area contributed by atoms with E-state index in [1.807, 2.05) is 60.7 Å². The number of sulfonamides is 2. The van der Waals surface area contributed by atoms with Crippen LogP contribution in [0, 0.1) is 0 Å². The molecule has 0 aliphatic carbocycles. The number of phenolic OH excluding ortho intramolecular Hbond substituents is 4. The average Bonchev–Trinajstić information content (AvgIpc) is 3.34. The van der Waals surface area contributed by atoms with Gasteiger partial charge in [-0.3, -0.25) is 9.11 Å². The van der Waals surface area contributed by atoms with Crippen molar-refractivity contribution in [3.63, 3.8) is 0 Å². The molecule has 0 saturated heterocycles. The Morgan fingerprint density at radius 3 is 1.10 bits per heavy atom. The van der Waals surface area contributed by atoms with Gasteiger partial charge in [0, 0.05) is 50.6 Å². The van der Waals surface area contributed by atoms with E-state index in [2.05, 4.69) is 40.5 Å². The van der Waals surface area contributed by atoms with Crippen LogP contribution in [0.4, 0.5) is 45.5 Å². The number of rotatable bonds is 14. The van der Waals surface area contributed by atoms with E-state index in [1.165, 1.54) is 26.2 Å².